The van der Waals surface area contributed by atoms with Crippen molar-refractivity contribution in [1.29, 1.82) is 0 Å². The zero-order valence-electron chi connectivity index (χ0n) is 10.7. The molecular formula is C14H12ClN3O2. The molecule has 0 saturated carbocycles. The van der Waals surface area contributed by atoms with Crippen molar-refractivity contribution in [2.45, 2.75) is 6.92 Å². The van der Waals surface area contributed by atoms with Crippen LogP contribution >= 0.6 is 11.6 Å². The quantitative estimate of drug-likeness (QED) is 0.527. The molecule has 1 N–H and O–H groups in total. The predicted molar refractivity (Wildman–Crippen MR) is 80.3 cm³/mol. The molecule has 2 aromatic rings. The molecule has 0 aliphatic carbocycles. The first-order valence-electron chi connectivity index (χ1n) is 5.87. The van der Waals surface area contributed by atoms with Gasteiger partial charge < -0.3 is 0 Å². The Kier molecular flexibility index (Phi) is 4.32. The lowest BCUT2D eigenvalue weighted by Crippen LogP contribution is -1.99. The first-order valence-corrected chi connectivity index (χ1v) is 6.25. The van der Waals surface area contributed by atoms with Crippen molar-refractivity contribution in [1.82, 2.24) is 0 Å². The summed E-state index contributed by atoms with van der Waals surface area (Å²) in [6, 6.07) is 14.0. The minimum Gasteiger partial charge on any atom is -0.277 e. The third-order valence-electron chi connectivity index (χ3n) is 2.69. The van der Waals surface area contributed by atoms with Crippen molar-refractivity contribution in [3.8, 4) is 0 Å². The van der Waals surface area contributed by atoms with E-state index >= 15 is 0 Å². The minimum absolute atomic E-state index is 0.0641. The van der Waals surface area contributed by atoms with Crippen LogP contribution in [-0.4, -0.2) is 10.1 Å². The van der Waals surface area contributed by atoms with Gasteiger partial charge in [-0.25, -0.2) is 0 Å². The van der Waals surface area contributed by atoms with E-state index in [0.717, 1.165) is 5.69 Å². The van der Waals surface area contributed by atoms with Gasteiger partial charge in [-0.05, 0) is 31.2 Å². The highest BCUT2D eigenvalue weighted by Gasteiger charge is 2.11. The Morgan fingerprint density at radius 2 is 1.95 bits per heavy atom. The summed E-state index contributed by atoms with van der Waals surface area (Å²) in [7, 11) is 0. The number of halogens is 1. The maximum Gasteiger partial charge on any atom is 0.272 e. The first-order chi connectivity index (χ1) is 9.58. The summed E-state index contributed by atoms with van der Waals surface area (Å²) >= 11 is 6.08. The van der Waals surface area contributed by atoms with Crippen molar-refractivity contribution in [3.63, 3.8) is 0 Å². The minimum atomic E-state index is -0.424. The number of nitro benzene ring substituents is 1. The number of nitrogens with zero attached hydrogens (tertiary/aromatic N) is 2. The summed E-state index contributed by atoms with van der Waals surface area (Å²) in [5.41, 5.74) is 4.86. The molecule has 0 saturated heterocycles. The Bertz CT molecular complexity index is 657. The van der Waals surface area contributed by atoms with E-state index in [1.54, 1.807) is 19.1 Å². The van der Waals surface area contributed by atoms with Crippen LogP contribution < -0.4 is 5.43 Å². The molecule has 0 bridgehead atoms. The molecule has 0 heterocycles. The summed E-state index contributed by atoms with van der Waals surface area (Å²) < 4.78 is 0. The molecule has 0 aliphatic rings. The van der Waals surface area contributed by atoms with E-state index in [0.29, 0.717) is 11.1 Å². The number of hydrogen-bond acceptors (Lipinski definition) is 4. The van der Waals surface area contributed by atoms with E-state index in [2.05, 4.69) is 10.5 Å². The number of para-hydroxylation sites is 1. The van der Waals surface area contributed by atoms with Crippen molar-refractivity contribution >= 4 is 28.1 Å². The molecule has 0 atom stereocenters. The maximum atomic E-state index is 10.7. The van der Waals surface area contributed by atoms with E-state index in [4.69, 9.17) is 11.6 Å². The van der Waals surface area contributed by atoms with Gasteiger partial charge in [0.25, 0.3) is 5.69 Å². The van der Waals surface area contributed by atoms with E-state index in [1.807, 2.05) is 30.3 Å². The number of rotatable bonds is 4. The largest absolute Gasteiger partial charge is 0.277 e. The second-order valence-electron chi connectivity index (χ2n) is 4.14. The fourth-order valence-electron chi connectivity index (χ4n) is 1.68. The molecular weight excluding hydrogens is 278 g/mol. The number of nitro groups is 1. The topological polar surface area (TPSA) is 67.5 Å². The predicted octanol–water partition coefficient (Wildman–Crippen LogP) is 3.92. The first kappa shape index (κ1) is 14.0. The maximum absolute atomic E-state index is 10.7. The zero-order chi connectivity index (χ0) is 14.5. The summed E-state index contributed by atoms with van der Waals surface area (Å²) in [4.78, 5) is 10.3. The highest BCUT2D eigenvalue weighted by atomic mass is 35.5. The second-order valence-corrected chi connectivity index (χ2v) is 4.50. The van der Waals surface area contributed by atoms with Crippen LogP contribution in [0, 0.1) is 17.0 Å². The van der Waals surface area contributed by atoms with Crippen LogP contribution in [0.25, 0.3) is 0 Å². The van der Waals surface area contributed by atoms with Gasteiger partial charge in [0, 0.05) is 17.2 Å². The van der Waals surface area contributed by atoms with Crippen molar-refractivity contribution in [2.75, 3.05) is 5.43 Å². The van der Waals surface area contributed by atoms with Gasteiger partial charge in [-0.1, -0.05) is 29.8 Å². The molecule has 102 valence electrons. The van der Waals surface area contributed by atoms with E-state index in [9.17, 15) is 10.1 Å². The Morgan fingerprint density at radius 1 is 1.25 bits per heavy atom. The number of benzene rings is 2. The number of anilines is 1. The highest BCUT2D eigenvalue weighted by molar-refractivity contribution is 6.69. The lowest BCUT2D eigenvalue weighted by molar-refractivity contribution is -0.385. The summed E-state index contributed by atoms with van der Waals surface area (Å²) in [6.07, 6.45) is 0. The fourth-order valence-corrected chi connectivity index (χ4v) is 1.84. The van der Waals surface area contributed by atoms with Crippen molar-refractivity contribution in [3.05, 3.63) is 69.8 Å². The molecule has 0 spiro atoms. The Morgan fingerprint density at radius 3 is 2.55 bits per heavy atom. The molecule has 6 heteroatoms. The average Bonchev–Trinajstić information content (AvgIpc) is 2.45. The molecule has 0 unspecified atom stereocenters. The van der Waals surface area contributed by atoms with Crippen LogP contribution in [0.4, 0.5) is 11.4 Å². The van der Waals surface area contributed by atoms with Gasteiger partial charge in [0.1, 0.15) is 0 Å². The lowest BCUT2D eigenvalue weighted by atomic mass is 10.1. The molecule has 0 fully saturated rings. The lowest BCUT2D eigenvalue weighted by Gasteiger charge is -2.03. The van der Waals surface area contributed by atoms with Gasteiger partial charge in [-0.15, -0.1) is 0 Å². The number of hydrazone groups is 1. The third-order valence-corrected chi connectivity index (χ3v) is 2.99. The summed E-state index contributed by atoms with van der Waals surface area (Å²) in [5.74, 6) is 0. The molecule has 0 aromatic heterocycles. The van der Waals surface area contributed by atoms with Crippen LogP contribution in [0.15, 0.2) is 53.6 Å². The SMILES string of the molecule is Cc1cc(/C(Cl)=N/Nc2ccccc2)ccc1[N+](=O)[O-]. The third kappa shape index (κ3) is 3.33. The number of aryl methyl sites for hydroxylation is 1. The van der Waals surface area contributed by atoms with Crippen LogP contribution in [0.1, 0.15) is 11.1 Å². The van der Waals surface area contributed by atoms with Gasteiger partial charge in [-0.3, -0.25) is 15.5 Å². The van der Waals surface area contributed by atoms with Crippen LogP contribution in [0.5, 0.6) is 0 Å². The zero-order valence-corrected chi connectivity index (χ0v) is 11.5. The standard InChI is InChI=1S/C14H12ClN3O2/c1-10-9-11(7-8-13(10)18(19)20)14(15)17-16-12-5-3-2-4-6-12/h2-9,16H,1H3/b17-14-. The molecule has 20 heavy (non-hydrogen) atoms. The molecule has 0 amide bonds. The number of nitrogens with one attached hydrogen (secondary N) is 1. The number of hydrogen-bond donors (Lipinski definition) is 1. The van der Waals surface area contributed by atoms with E-state index < -0.39 is 4.92 Å². The van der Waals surface area contributed by atoms with Crippen LogP contribution in [-0.2, 0) is 0 Å². The Balaban J connectivity index is 2.19. The van der Waals surface area contributed by atoms with Crippen molar-refractivity contribution < 1.29 is 4.92 Å². The fraction of sp³-hybridized carbons (Fsp3) is 0.0714. The van der Waals surface area contributed by atoms with Crippen molar-refractivity contribution in [2.24, 2.45) is 5.10 Å². The molecule has 2 rings (SSSR count). The average molecular weight is 290 g/mol. The highest BCUT2D eigenvalue weighted by Crippen LogP contribution is 2.20. The molecule has 0 radical (unpaired) electrons. The van der Waals surface area contributed by atoms with Crippen LogP contribution in [0.3, 0.4) is 0 Å². The monoisotopic (exact) mass is 289 g/mol. The van der Waals surface area contributed by atoms with E-state index in [1.165, 1.54) is 6.07 Å². The van der Waals surface area contributed by atoms with Gasteiger partial charge >= 0.3 is 0 Å². The molecule has 5 nitrogen and oxygen atoms in total. The van der Waals surface area contributed by atoms with Crippen LogP contribution in [0.2, 0.25) is 0 Å². The summed E-state index contributed by atoms with van der Waals surface area (Å²) in [6.45, 7) is 1.66. The summed E-state index contributed by atoms with van der Waals surface area (Å²) in [5, 5.41) is 15.0. The van der Waals surface area contributed by atoms with Gasteiger partial charge in [0.2, 0.25) is 0 Å². The Hall–Kier alpha value is -2.40. The second kappa shape index (κ2) is 6.16. The van der Waals surface area contributed by atoms with Gasteiger partial charge in [-0.2, -0.15) is 5.10 Å². The molecule has 0 aliphatic heterocycles. The molecule has 2 aromatic carbocycles. The normalized spacial score (nSPS) is 11.2. The Labute approximate surface area is 121 Å². The smallest absolute Gasteiger partial charge is 0.272 e. The van der Waals surface area contributed by atoms with E-state index in [-0.39, 0.29) is 10.9 Å². The van der Waals surface area contributed by atoms with Gasteiger partial charge in [0.05, 0.1) is 10.6 Å². The van der Waals surface area contributed by atoms with Gasteiger partial charge in [0.15, 0.2) is 5.17 Å².